The van der Waals surface area contributed by atoms with Gasteiger partial charge in [0.15, 0.2) is 0 Å². The van der Waals surface area contributed by atoms with Crippen molar-refractivity contribution in [2.24, 2.45) is 0 Å². The Morgan fingerprint density at radius 3 is 2.56 bits per heavy atom. The van der Waals surface area contributed by atoms with Gasteiger partial charge in [-0.3, -0.25) is 4.79 Å². The Morgan fingerprint density at radius 1 is 1.44 bits per heavy atom. The molecule has 0 heterocycles. The van der Waals surface area contributed by atoms with E-state index in [1.165, 1.54) is 0 Å². The van der Waals surface area contributed by atoms with E-state index in [1.807, 2.05) is 22.6 Å². The van der Waals surface area contributed by atoms with Gasteiger partial charge in [0.25, 0.3) is 5.91 Å². The molecule has 0 saturated heterocycles. The minimum absolute atomic E-state index is 0.359. The molecule has 1 aromatic carbocycles. The van der Waals surface area contributed by atoms with Gasteiger partial charge < -0.3 is 15.2 Å². The number of carbonyl (C=O) groups is 2. The second-order valence-electron chi connectivity index (χ2n) is 4.19. The molecule has 0 bridgehead atoms. The molecule has 0 spiro atoms. The van der Waals surface area contributed by atoms with E-state index in [2.05, 4.69) is 5.32 Å². The minimum atomic E-state index is -1.06. The summed E-state index contributed by atoms with van der Waals surface area (Å²) in [5, 5.41) is 11.6. The number of methoxy groups -OCH3 is 1. The standard InChI is InChI=1S/C12H12INO4/c1-18-7-2-3-8(9(13)6-7)10(15)14-12(4-5-12)11(16)17/h2-3,6H,4-5H2,1H3,(H,14,15)(H,16,17). The van der Waals surface area contributed by atoms with E-state index in [0.717, 1.165) is 3.57 Å². The van der Waals surface area contributed by atoms with E-state index in [0.29, 0.717) is 24.2 Å². The summed E-state index contributed by atoms with van der Waals surface area (Å²) in [4.78, 5) is 23.0. The normalized spacial score (nSPS) is 15.9. The fraction of sp³-hybridized carbons (Fsp3) is 0.333. The molecular weight excluding hydrogens is 349 g/mol. The summed E-state index contributed by atoms with van der Waals surface area (Å²) < 4.78 is 5.78. The third-order valence-electron chi connectivity index (χ3n) is 2.93. The highest BCUT2D eigenvalue weighted by Gasteiger charge is 2.51. The first-order chi connectivity index (χ1) is 8.48. The molecule has 1 fully saturated rings. The Kier molecular flexibility index (Phi) is 3.47. The number of hydrogen-bond acceptors (Lipinski definition) is 3. The van der Waals surface area contributed by atoms with Crippen LogP contribution < -0.4 is 10.1 Å². The lowest BCUT2D eigenvalue weighted by Crippen LogP contribution is -2.43. The van der Waals surface area contributed by atoms with Crippen molar-refractivity contribution < 1.29 is 19.4 Å². The lowest BCUT2D eigenvalue weighted by molar-refractivity contribution is -0.140. The average Bonchev–Trinajstić information content (AvgIpc) is 3.09. The number of halogens is 1. The van der Waals surface area contributed by atoms with Crippen molar-refractivity contribution >= 4 is 34.5 Å². The van der Waals surface area contributed by atoms with Crippen molar-refractivity contribution in [1.82, 2.24) is 5.32 Å². The Morgan fingerprint density at radius 2 is 2.11 bits per heavy atom. The maximum Gasteiger partial charge on any atom is 0.329 e. The maximum absolute atomic E-state index is 12.0. The maximum atomic E-state index is 12.0. The highest BCUT2D eigenvalue weighted by Crippen LogP contribution is 2.36. The van der Waals surface area contributed by atoms with Crippen LogP contribution in [0.4, 0.5) is 0 Å². The number of aliphatic carboxylic acids is 1. The second-order valence-corrected chi connectivity index (χ2v) is 5.35. The van der Waals surface area contributed by atoms with Crippen molar-refractivity contribution in [2.45, 2.75) is 18.4 Å². The molecule has 0 aromatic heterocycles. The molecule has 1 amide bonds. The summed E-state index contributed by atoms with van der Waals surface area (Å²) in [7, 11) is 1.55. The van der Waals surface area contributed by atoms with Crippen molar-refractivity contribution in [2.75, 3.05) is 7.11 Å². The zero-order valence-corrected chi connectivity index (χ0v) is 11.9. The van der Waals surface area contributed by atoms with Crippen LogP contribution in [0.2, 0.25) is 0 Å². The summed E-state index contributed by atoms with van der Waals surface area (Å²) in [6, 6.07) is 5.04. The predicted molar refractivity (Wildman–Crippen MR) is 72.8 cm³/mol. The fourth-order valence-electron chi connectivity index (χ4n) is 1.61. The molecule has 0 aliphatic heterocycles. The largest absolute Gasteiger partial charge is 0.497 e. The predicted octanol–water partition coefficient (Wildman–Crippen LogP) is 1.65. The molecule has 1 aliphatic carbocycles. The molecule has 1 saturated carbocycles. The molecule has 0 atom stereocenters. The summed E-state index contributed by atoms with van der Waals surface area (Å²) in [5.74, 6) is -0.670. The molecule has 2 N–H and O–H groups in total. The topological polar surface area (TPSA) is 75.6 Å². The molecule has 96 valence electrons. The Labute approximate surface area is 118 Å². The van der Waals surface area contributed by atoms with Crippen molar-refractivity contribution in [1.29, 1.82) is 0 Å². The average molecular weight is 361 g/mol. The van der Waals surface area contributed by atoms with Gasteiger partial charge >= 0.3 is 5.97 Å². The quantitative estimate of drug-likeness (QED) is 0.800. The summed E-state index contributed by atoms with van der Waals surface area (Å²) in [6.45, 7) is 0. The highest BCUT2D eigenvalue weighted by atomic mass is 127. The van der Waals surface area contributed by atoms with Crippen molar-refractivity contribution in [3.8, 4) is 5.75 Å². The fourth-order valence-corrected chi connectivity index (χ4v) is 2.34. The van der Waals surface area contributed by atoms with Gasteiger partial charge in [-0.25, -0.2) is 4.79 Å². The molecule has 0 radical (unpaired) electrons. The van der Waals surface area contributed by atoms with Gasteiger partial charge in [0.1, 0.15) is 11.3 Å². The molecular formula is C12H12INO4. The summed E-state index contributed by atoms with van der Waals surface area (Å²) in [6.07, 6.45) is 0.974. The van der Waals surface area contributed by atoms with Gasteiger partial charge in [0, 0.05) is 3.57 Å². The van der Waals surface area contributed by atoms with Crippen LogP contribution in [0.1, 0.15) is 23.2 Å². The first kappa shape index (κ1) is 13.1. The number of rotatable bonds is 4. The number of nitrogens with one attached hydrogen (secondary N) is 1. The molecule has 2 rings (SSSR count). The van der Waals surface area contributed by atoms with Crippen LogP contribution >= 0.6 is 22.6 Å². The molecule has 0 unspecified atom stereocenters. The molecule has 1 aromatic rings. The van der Waals surface area contributed by atoms with Gasteiger partial charge in [0.2, 0.25) is 0 Å². The number of amides is 1. The first-order valence-electron chi connectivity index (χ1n) is 5.38. The third kappa shape index (κ3) is 2.43. The van der Waals surface area contributed by atoms with Gasteiger partial charge in [-0.15, -0.1) is 0 Å². The zero-order chi connectivity index (χ0) is 13.3. The summed E-state index contributed by atoms with van der Waals surface area (Å²) >= 11 is 2.03. The number of carboxylic acids is 1. The number of carboxylic acid groups (broad SMARTS) is 1. The van der Waals surface area contributed by atoms with Crippen LogP contribution in [-0.2, 0) is 4.79 Å². The first-order valence-corrected chi connectivity index (χ1v) is 6.46. The van der Waals surface area contributed by atoms with Crippen molar-refractivity contribution in [3.63, 3.8) is 0 Å². The smallest absolute Gasteiger partial charge is 0.329 e. The van der Waals surface area contributed by atoms with E-state index in [-0.39, 0.29) is 5.91 Å². The number of hydrogen-bond donors (Lipinski definition) is 2. The van der Waals surface area contributed by atoms with E-state index >= 15 is 0 Å². The van der Waals surface area contributed by atoms with E-state index in [9.17, 15) is 9.59 Å². The van der Waals surface area contributed by atoms with Crippen LogP contribution in [0, 0.1) is 3.57 Å². The third-order valence-corrected chi connectivity index (χ3v) is 3.83. The van der Waals surface area contributed by atoms with E-state index < -0.39 is 11.5 Å². The minimum Gasteiger partial charge on any atom is -0.497 e. The Balaban J connectivity index is 2.17. The summed E-state index contributed by atoms with van der Waals surface area (Å²) in [5.41, 5.74) is -0.593. The Hall–Kier alpha value is -1.31. The lowest BCUT2D eigenvalue weighted by atomic mass is 10.1. The lowest BCUT2D eigenvalue weighted by Gasteiger charge is -2.13. The van der Waals surface area contributed by atoms with E-state index in [1.54, 1.807) is 25.3 Å². The number of benzene rings is 1. The second kappa shape index (κ2) is 4.75. The van der Waals surface area contributed by atoms with Crippen LogP contribution in [0.25, 0.3) is 0 Å². The van der Waals surface area contributed by atoms with Crippen molar-refractivity contribution in [3.05, 3.63) is 27.3 Å². The van der Waals surface area contributed by atoms with Gasteiger partial charge in [-0.2, -0.15) is 0 Å². The molecule has 5 nitrogen and oxygen atoms in total. The number of carbonyl (C=O) groups excluding carboxylic acids is 1. The molecule has 6 heteroatoms. The SMILES string of the molecule is COc1ccc(C(=O)NC2(C(=O)O)CC2)c(I)c1. The Bertz CT molecular complexity index is 511. The van der Waals surface area contributed by atoms with E-state index in [4.69, 9.17) is 9.84 Å². The van der Waals surface area contributed by atoms with Gasteiger partial charge in [0.05, 0.1) is 12.7 Å². The van der Waals surface area contributed by atoms with Gasteiger partial charge in [-0.1, -0.05) is 0 Å². The van der Waals surface area contributed by atoms with Crippen LogP contribution in [0.3, 0.4) is 0 Å². The molecule has 18 heavy (non-hydrogen) atoms. The van der Waals surface area contributed by atoms with Crippen LogP contribution in [-0.4, -0.2) is 29.6 Å². The van der Waals surface area contributed by atoms with Gasteiger partial charge in [-0.05, 0) is 53.6 Å². The zero-order valence-electron chi connectivity index (χ0n) is 9.70. The van der Waals surface area contributed by atoms with Crippen LogP contribution in [0.5, 0.6) is 5.75 Å². The monoisotopic (exact) mass is 361 g/mol. The highest BCUT2D eigenvalue weighted by molar-refractivity contribution is 14.1. The number of ether oxygens (including phenoxy) is 1. The van der Waals surface area contributed by atoms with Crippen LogP contribution in [0.15, 0.2) is 18.2 Å². The molecule has 1 aliphatic rings.